The zero-order chi connectivity index (χ0) is 13.8. The summed E-state index contributed by atoms with van der Waals surface area (Å²) in [4.78, 5) is 6.70. The molecular formula is C17H21N3. The molecule has 0 spiro atoms. The first-order valence-corrected chi connectivity index (χ1v) is 7.39. The molecular weight excluding hydrogens is 246 g/mol. The van der Waals surface area contributed by atoms with Crippen LogP contribution in [0.5, 0.6) is 0 Å². The zero-order valence-electron chi connectivity index (χ0n) is 12.0. The minimum absolute atomic E-state index is 0.885. The molecule has 1 aromatic carbocycles. The molecule has 1 N–H and O–H groups in total. The van der Waals surface area contributed by atoms with Crippen molar-refractivity contribution in [3.63, 3.8) is 0 Å². The van der Waals surface area contributed by atoms with E-state index in [2.05, 4.69) is 52.5 Å². The third-order valence-corrected chi connectivity index (χ3v) is 3.80. The number of hydrogen-bond donors (Lipinski definition) is 1. The number of para-hydroxylation sites is 1. The van der Waals surface area contributed by atoms with E-state index in [4.69, 9.17) is 0 Å². The molecule has 1 aliphatic rings. The summed E-state index contributed by atoms with van der Waals surface area (Å²) < 4.78 is 0. The quantitative estimate of drug-likeness (QED) is 0.843. The number of nitrogens with zero attached hydrogens (tertiary/aromatic N) is 2. The summed E-state index contributed by atoms with van der Waals surface area (Å²) in [6.45, 7) is 5.18. The maximum atomic E-state index is 4.28. The summed E-state index contributed by atoms with van der Waals surface area (Å²) in [6, 6.07) is 10.8. The lowest BCUT2D eigenvalue weighted by Crippen LogP contribution is -2.19. The van der Waals surface area contributed by atoms with Gasteiger partial charge in [0.1, 0.15) is 0 Å². The first kappa shape index (κ1) is 13.1. The molecule has 3 nitrogen and oxygen atoms in total. The summed E-state index contributed by atoms with van der Waals surface area (Å²) in [7, 11) is 0. The molecule has 0 bridgehead atoms. The minimum Gasteiger partial charge on any atom is -0.341 e. The van der Waals surface area contributed by atoms with Crippen molar-refractivity contribution in [2.24, 2.45) is 0 Å². The average molecular weight is 267 g/mol. The predicted molar refractivity (Wildman–Crippen MR) is 83.4 cm³/mol. The highest BCUT2D eigenvalue weighted by Crippen LogP contribution is 2.35. The van der Waals surface area contributed by atoms with E-state index in [1.807, 2.05) is 12.4 Å². The molecule has 0 amide bonds. The SMILES string of the molecule is CCCNCc1cnccc1N1CCc2ccccc21. The summed E-state index contributed by atoms with van der Waals surface area (Å²) in [5.41, 5.74) is 5.35. The van der Waals surface area contributed by atoms with Gasteiger partial charge in [-0.1, -0.05) is 25.1 Å². The van der Waals surface area contributed by atoms with E-state index in [-0.39, 0.29) is 0 Å². The molecule has 0 saturated carbocycles. The van der Waals surface area contributed by atoms with Gasteiger partial charge in [0, 0.05) is 42.4 Å². The van der Waals surface area contributed by atoms with E-state index in [0.29, 0.717) is 0 Å². The van der Waals surface area contributed by atoms with E-state index >= 15 is 0 Å². The molecule has 1 aromatic heterocycles. The van der Waals surface area contributed by atoms with Crippen molar-refractivity contribution >= 4 is 11.4 Å². The van der Waals surface area contributed by atoms with Gasteiger partial charge in [-0.05, 0) is 37.1 Å². The summed E-state index contributed by atoms with van der Waals surface area (Å²) in [5.74, 6) is 0. The third kappa shape index (κ3) is 2.54. The van der Waals surface area contributed by atoms with Crippen molar-refractivity contribution in [1.29, 1.82) is 0 Å². The Morgan fingerprint density at radius 1 is 1.20 bits per heavy atom. The molecule has 0 radical (unpaired) electrons. The Bertz CT molecular complexity index is 580. The molecule has 0 atom stereocenters. The number of aromatic nitrogens is 1. The predicted octanol–water partition coefficient (Wildman–Crippen LogP) is 3.28. The van der Waals surface area contributed by atoms with E-state index in [0.717, 1.165) is 32.5 Å². The Hall–Kier alpha value is -1.87. The van der Waals surface area contributed by atoms with Gasteiger partial charge in [0.15, 0.2) is 0 Å². The van der Waals surface area contributed by atoms with Crippen LogP contribution in [0.15, 0.2) is 42.7 Å². The number of nitrogens with one attached hydrogen (secondary N) is 1. The van der Waals surface area contributed by atoms with Gasteiger partial charge in [0.25, 0.3) is 0 Å². The molecule has 2 aromatic rings. The smallest absolute Gasteiger partial charge is 0.0487 e. The van der Waals surface area contributed by atoms with Crippen molar-refractivity contribution < 1.29 is 0 Å². The average Bonchev–Trinajstić information content (AvgIpc) is 2.92. The minimum atomic E-state index is 0.885. The van der Waals surface area contributed by atoms with Gasteiger partial charge in [-0.25, -0.2) is 0 Å². The Balaban J connectivity index is 1.87. The van der Waals surface area contributed by atoms with Gasteiger partial charge in [-0.2, -0.15) is 0 Å². The van der Waals surface area contributed by atoms with Gasteiger partial charge >= 0.3 is 0 Å². The number of pyridine rings is 1. The fraction of sp³-hybridized carbons (Fsp3) is 0.353. The van der Waals surface area contributed by atoms with Gasteiger partial charge in [0.2, 0.25) is 0 Å². The van der Waals surface area contributed by atoms with Crippen LogP contribution < -0.4 is 10.2 Å². The molecule has 3 rings (SSSR count). The normalized spacial score (nSPS) is 13.6. The number of rotatable bonds is 5. The standard InChI is InChI=1S/C17H21N3/c1-2-9-18-12-15-13-19-10-7-17(15)20-11-8-14-5-3-4-6-16(14)20/h3-7,10,13,18H,2,8-9,11-12H2,1H3. The van der Waals surface area contributed by atoms with Crippen LogP contribution in [-0.2, 0) is 13.0 Å². The highest BCUT2D eigenvalue weighted by molar-refractivity contribution is 5.71. The zero-order valence-corrected chi connectivity index (χ0v) is 12.0. The molecule has 3 heteroatoms. The number of hydrogen-bond acceptors (Lipinski definition) is 3. The van der Waals surface area contributed by atoms with Crippen LogP contribution in [0.25, 0.3) is 0 Å². The van der Waals surface area contributed by atoms with Crippen LogP contribution in [0.2, 0.25) is 0 Å². The van der Waals surface area contributed by atoms with Crippen molar-refractivity contribution in [2.45, 2.75) is 26.3 Å². The fourth-order valence-electron chi connectivity index (χ4n) is 2.81. The van der Waals surface area contributed by atoms with Crippen molar-refractivity contribution in [2.75, 3.05) is 18.0 Å². The van der Waals surface area contributed by atoms with Crippen molar-refractivity contribution in [3.8, 4) is 0 Å². The second-order valence-corrected chi connectivity index (χ2v) is 5.21. The summed E-state index contributed by atoms with van der Waals surface area (Å²) in [6.07, 6.45) is 6.15. The lowest BCUT2D eigenvalue weighted by atomic mass is 10.1. The third-order valence-electron chi connectivity index (χ3n) is 3.80. The largest absolute Gasteiger partial charge is 0.341 e. The molecule has 0 saturated heterocycles. The second-order valence-electron chi connectivity index (χ2n) is 5.21. The molecule has 1 aliphatic heterocycles. The second kappa shape index (κ2) is 6.06. The van der Waals surface area contributed by atoms with Gasteiger partial charge in [-0.3, -0.25) is 4.98 Å². The fourth-order valence-corrected chi connectivity index (χ4v) is 2.81. The highest BCUT2D eigenvalue weighted by Gasteiger charge is 2.21. The van der Waals surface area contributed by atoms with Crippen molar-refractivity contribution in [1.82, 2.24) is 10.3 Å². The molecule has 2 heterocycles. The van der Waals surface area contributed by atoms with E-state index in [1.165, 1.54) is 22.5 Å². The van der Waals surface area contributed by atoms with Gasteiger partial charge in [-0.15, -0.1) is 0 Å². The number of benzene rings is 1. The number of fused-ring (bicyclic) bond motifs is 1. The maximum absolute atomic E-state index is 4.28. The molecule has 0 unspecified atom stereocenters. The lowest BCUT2D eigenvalue weighted by molar-refractivity contribution is 0.673. The Labute approximate surface area is 120 Å². The van der Waals surface area contributed by atoms with Crippen molar-refractivity contribution in [3.05, 3.63) is 53.9 Å². The summed E-state index contributed by atoms with van der Waals surface area (Å²) in [5, 5.41) is 3.47. The van der Waals surface area contributed by atoms with Crippen LogP contribution in [0.4, 0.5) is 11.4 Å². The molecule has 20 heavy (non-hydrogen) atoms. The Morgan fingerprint density at radius 3 is 3.00 bits per heavy atom. The topological polar surface area (TPSA) is 28.2 Å². The Morgan fingerprint density at radius 2 is 2.10 bits per heavy atom. The van der Waals surface area contributed by atoms with Crippen LogP contribution in [0.3, 0.4) is 0 Å². The molecule has 0 aliphatic carbocycles. The van der Waals surface area contributed by atoms with Crippen LogP contribution in [-0.4, -0.2) is 18.1 Å². The Kier molecular flexibility index (Phi) is 3.97. The van der Waals surface area contributed by atoms with E-state index in [1.54, 1.807) is 0 Å². The first-order valence-electron chi connectivity index (χ1n) is 7.39. The van der Waals surface area contributed by atoms with E-state index < -0.39 is 0 Å². The van der Waals surface area contributed by atoms with Gasteiger partial charge in [0.05, 0.1) is 0 Å². The number of anilines is 2. The van der Waals surface area contributed by atoms with E-state index in [9.17, 15) is 0 Å². The van der Waals surface area contributed by atoms with Crippen LogP contribution >= 0.6 is 0 Å². The summed E-state index contributed by atoms with van der Waals surface area (Å²) >= 11 is 0. The highest BCUT2D eigenvalue weighted by atomic mass is 15.2. The monoisotopic (exact) mass is 267 g/mol. The van der Waals surface area contributed by atoms with Gasteiger partial charge < -0.3 is 10.2 Å². The first-order chi connectivity index (χ1) is 9.90. The lowest BCUT2D eigenvalue weighted by Gasteiger charge is -2.22. The van der Waals surface area contributed by atoms with Crippen LogP contribution in [0, 0.1) is 0 Å². The van der Waals surface area contributed by atoms with Crippen LogP contribution in [0.1, 0.15) is 24.5 Å². The maximum Gasteiger partial charge on any atom is 0.0487 e. The molecule has 0 fully saturated rings. The molecule has 104 valence electrons.